The number of carboxylic acids is 1. The normalized spacial score (nSPS) is 24.0. The van der Waals surface area contributed by atoms with E-state index in [9.17, 15) is 27.5 Å². The minimum atomic E-state index is -4.08. The van der Waals surface area contributed by atoms with Crippen LogP contribution in [0.15, 0.2) is 72.8 Å². The molecule has 2 aliphatic carbocycles. The second kappa shape index (κ2) is 11.5. The molecule has 6 rings (SSSR count). The van der Waals surface area contributed by atoms with E-state index in [1.54, 1.807) is 54.6 Å². The number of sulfonamides is 1. The molecule has 8 nitrogen and oxygen atoms in total. The molecule has 0 aromatic heterocycles. The monoisotopic (exact) mass is 646 g/mol. The summed E-state index contributed by atoms with van der Waals surface area (Å²) in [4.78, 5) is 27.8. The number of carbonyl (C=O) groups excluding carboxylic acids is 1. The zero-order chi connectivity index (χ0) is 30.5. The van der Waals surface area contributed by atoms with E-state index >= 15 is 0 Å². The molecule has 2 saturated carbocycles. The number of halogens is 3. The number of ether oxygens (including phenoxy) is 1. The Labute approximate surface area is 258 Å². The minimum absolute atomic E-state index is 0.0855. The summed E-state index contributed by atoms with van der Waals surface area (Å²) in [6, 6.07) is 17.9. The molecule has 3 aliphatic rings. The fraction of sp³-hybridized carbons (Fsp3) is 0.355. The average molecular weight is 648 g/mol. The van der Waals surface area contributed by atoms with Crippen LogP contribution in [0.25, 0.3) is 0 Å². The first-order chi connectivity index (χ1) is 20.5. The predicted molar refractivity (Wildman–Crippen MR) is 158 cm³/mol. The maximum atomic E-state index is 14.7. The molecule has 1 amide bonds. The van der Waals surface area contributed by atoms with Crippen molar-refractivity contribution in [2.45, 2.75) is 54.7 Å². The van der Waals surface area contributed by atoms with Gasteiger partial charge in [0.1, 0.15) is 16.7 Å². The van der Waals surface area contributed by atoms with Crippen LogP contribution < -0.4 is 4.72 Å². The first kappa shape index (κ1) is 30.0. The number of carboxylic acid groups (broad SMARTS) is 1. The van der Waals surface area contributed by atoms with Crippen LogP contribution in [0.5, 0.6) is 0 Å². The zero-order valence-corrected chi connectivity index (χ0v) is 25.2. The highest BCUT2D eigenvalue weighted by Gasteiger charge is 2.58. The Morgan fingerprint density at radius 2 is 1.72 bits per heavy atom. The molecule has 0 radical (unpaired) electrons. The highest BCUT2D eigenvalue weighted by atomic mass is 35.5. The Hall–Kier alpha value is -3.02. The van der Waals surface area contributed by atoms with Gasteiger partial charge in [0.05, 0.1) is 6.04 Å². The van der Waals surface area contributed by atoms with Crippen LogP contribution in [0, 0.1) is 11.7 Å². The molecule has 3 aromatic rings. The van der Waals surface area contributed by atoms with E-state index in [0.29, 0.717) is 21.2 Å². The van der Waals surface area contributed by atoms with E-state index in [2.05, 4.69) is 4.72 Å². The quantitative estimate of drug-likeness (QED) is 0.277. The second-order valence-corrected chi connectivity index (χ2v) is 14.3. The first-order valence-electron chi connectivity index (χ1n) is 14.0. The standard InChI is InChI=1S/C31H29Cl2FN2O6S/c32-21-12-10-19(11-13-21)26-27(20-4-3-5-22(33)16-20)42-28(30(38)39)29(37)36(26)25(18-8-9-18)17-35-43(40,41)31(14-15-31)23-6-1-2-7-24(23)34/h1-7,10-13,16,18,25-28,35H,8-9,14-15,17H2,(H,38,39)/t25-,26?,27?,28?/m1/s1. The molecule has 0 spiro atoms. The number of rotatable bonds is 10. The first-order valence-corrected chi connectivity index (χ1v) is 16.2. The second-order valence-electron chi connectivity index (χ2n) is 11.3. The number of carbonyl (C=O) groups is 2. The Bertz CT molecular complexity index is 1660. The van der Waals surface area contributed by atoms with E-state index in [-0.39, 0.29) is 30.9 Å². The summed E-state index contributed by atoms with van der Waals surface area (Å²) in [6.07, 6.45) is -0.785. The SMILES string of the molecule is O=C(O)C1OC(c2cccc(Cl)c2)C(c2ccc(Cl)cc2)N([C@H](CNS(=O)(=O)C2(c3ccccc3F)CC2)C2CC2)C1=O. The van der Waals surface area contributed by atoms with Gasteiger partial charge in [0.15, 0.2) is 0 Å². The fourth-order valence-electron chi connectivity index (χ4n) is 6.10. The predicted octanol–water partition coefficient (Wildman–Crippen LogP) is 5.61. The highest BCUT2D eigenvalue weighted by molar-refractivity contribution is 7.90. The van der Waals surface area contributed by atoms with Gasteiger partial charge >= 0.3 is 5.97 Å². The number of nitrogens with zero attached hydrogens (tertiary/aromatic N) is 1. The van der Waals surface area contributed by atoms with Gasteiger partial charge in [0.2, 0.25) is 16.1 Å². The molecule has 3 unspecified atom stereocenters. The highest BCUT2D eigenvalue weighted by Crippen LogP contribution is 2.53. The van der Waals surface area contributed by atoms with E-state index in [1.165, 1.54) is 23.1 Å². The van der Waals surface area contributed by atoms with Crippen LogP contribution in [0.2, 0.25) is 10.0 Å². The van der Waals surface area contributed by atoms with Crippen LogP contribution in [-0.2, 0) is 29.1 Å². The van der Waals surface area contributed by atoms with Crippen molar-refractivity contribution in [1.82, 2.24) is 9.62 Å². The van der Waals surface area contributed by atoms with Gasteiger partial charge in [-0.3, -0.25) is 4.79 Å². The van der Waals surface area contributed by atoms with E-state index in [0.717, 1.165) is 12.8 Å². The summed E-state index contributed by atoms with van der Waals surface area (Å²) in [7, 11) is -4.08. The molecule has 3 aromatic carbocycles. The molecule has 1 heterocycles. The minimum Gasteiger partial charge on any atom is -0.479 e. The third kappa shape index (κ3) is 5.67. The summed E-state index contributed by atoms with van der Waals surface area (Å²) < 4.78 is 49.5. The molecular formula is C31H29Cl2FN2O6S. The molecule has 1 aliphatic heterocycles. The summed E-state index contributed by atoms with van der Waals surface area (Å²) in [5.41, 5.74) is 1.30. The number of nitrogens with one attached hydrogen (secondary N) is 1. The number of aliphatic carboxylic acids is 1. The van der Waals surface area contributed by atoms with Gasteiger partial charge in [0, 0.05) is 28.2 Å². The van der Waals surface area contributed by atoms with Crippen LogP contribution in [0.1, 0.15) is 54.5 Å². The van der Waals surface area contributed by atoms with Crippen molar-refractivity contribution in [2.75, 3.05) is 6.54 Å². The van der Waals surface area contributed by atoms with Crippen LogP contribution in [0.4, 0.5) is 4.39 Å². The van der Waals surface area contributed by atoms with Gasteiger partial charge in [0.25, 0.3) is 5.91 Å². The maximum Gasteiger partial charge on any atom is 0.342 e. The van der Waals surface area contributed by atoms with Gasteiger partial charge < -0.3 is 14.7 Å². The van der Waals surface area contributed by atoms with Crippen LogP contribution >= 0.6 is 23.2 Å². The van der Waals surface area contributed by atoms with Crippen LogP contribution in [-0.4, -0.2) is 49.0 Å². The fourth-order valence-corrected chi connectivity index (χ4v) is 8.19. The lowest BCUT2D eigenvalue weighted by Gasteiger charge is -2.47. The number of benzene rings is 3. The lowest BCUT2D eigenvalue weighted by molar-refractivity contribution is -0.190. The summed E-state index contributed by atoms with van der Waals surface area (Å²) in [5.74, 6) is -2.91. The van der Waals surface area contributed by atoms with Gasteiger partial charge in [-0.15, -0.1) is 0 Å². The largest absolute Gasteiger partial charge is 0.479 e. The smallest absolute Gasteiger partial charge is 0.342 e. The Morgan fingerprint density at radius 1 is 1.02 bits per heavy atom. The van der Waals surface area contributed by atoms with Crippen molar-refractivity contribution >= 4 is 45.1 Å². The molecule has 12 heteroatoms. The van der Waals surface area contributed by atoms with Crippen molar-refractivity contribution in [3.05, 3.63) is 105 Å². The number of amides is 1. The number of hydrogen-bond acceptors (Lipinski definition) is 5. The topological polar surface area (TPSA) is 113 Å². The van der Waals surface area contributed by atoms with E-state index in [4.69, 9.17) is 27.9 Å². The summed E-state index contributed by atoms with van der Waals surface area (Å²) >= 11 is 12.5. The van der Waals surface area contributed by atoms with Crippen molar-refractivity contribution in [3.63, 3.8) is 0 Å². The maximum absolute atomic E-state index is 14.7. The van der Waals surface area contributed by atoms with Crippen molar-refractivity contribution in [2.24, 2.45) is 5.92 Å². The lowest BCUT2D eigenvalue weighted by Crippen LogP contribution is -2.59. The molecule has 1 saturated heterocycles. The molecule has 0 bridgehead atoms. The third-order valence-electron chi connectivity index (χ3n) is 8.55. The molecule has 226 valence electrons. The van der Waals surface area contributed by atoms with Crippen LogP contribution in [0.3, 0.4) is 0 Å². The van der Waals surface area contributed by atoms with Crippen molar-refractivity contribution in [1.29, 1.82) is 0 Å². The Balaban J connectivity index is 1.40. The van der Waals surface area contributed by atoms with Gasteiger partial charge in [-0.1, -0.05) is 65.7 Å². The Morgan fingerprint density at radius 3 is 2.33 bits per heavy atom. The van der Waals surface area contributed by atoms with E-state index < -0.39 is 56.8 Å². The zero-order valence-electron chi connectivity index (χ0n) is 22.8. The third-order valence-corrected chi connectivity index (χ3v) is 11.2. The molecule has 43 heavy (non-hydrogen) atoms. The molecular weight excluding hydrogens is 618 g/mol. The summed E-state index contributed by atoms with van der Waals surface area (Å²) in [6.45, 7) is -0.173. The molecule has 3 fully saturated rings. The average Bonchev–Trinajstić information content (AvgIpc) is 3.89. The number of morpholine rings is 1. The lowest BCUT2D eigenvalue weighted by atomic mass is 9.89. The molecule has 2 N–H and O–H groups in total. The summed E-state index contributed by atoms with van der Waals surface area (Å²) in [5, 5.41) is 10.9. The van der Waals surface area contributed by atoms with Gasteiger partial charge in [-0.25, -0.2) is 22.3 Å². The van der Waals surface area contributed by atoms with Gasteiger partial charge in [-0.2, -0.15) is 0 Å². The van der Waals surface area contributed by atoms with E-state index in [1.807, 2.05) is 0 Å². The van der Waals surface area contributed by atoms with Crippen molar-refractivity contribution in [3.8, 4) is 0 Å². The van der Waals surface area contributed by atoms with Gasteiger partial charge in [-0.05, 0) is 73.1 Å². The van der Waals surface area contributed by atoms with Crippen molar-refractivity contribution < 1.29 is 32.2 Å². The molecule has 4 atom stereocenters. The Kier molecular flexibility index (Phi) is 8.02. The number of hydrogen-bond donors (Lipinski definition) is 2.